The number of carbonyl (C=O) groups excluding carboxylic acids is 2. The Bertz CT molecular complexity index is 1150. The number of rotatable bonds is 9. The fourth-order valence-corrected chi connectivity index (χ4v) is 5.76. The monoisotopic (exact) mass is 531 g/mol. The summed E-state index contributed by atoms with van der Waals surface area (Å²) in [7, 11) is -2.26. The minimum atomic E-state index is -3.83. The van der Waals surface area contributed by atoms with Crippen molar-refractivity contribution in [3.8, 4) is 5.75 Å². The molecule has 1 saturated heterocycles. The highest BCUT2D eigenvalue weighted by atomic mass is 32.2. The van der Waals surface area contributed by atoms with Gasteiger partial charge in [-0.1, -0.05) is 51.1 Å². The summed E-state index contributed by atoms with van der Waals surface area (Å²) in [5.74, 6) is 0.485. The number of piperidine rings is 1. The predicted molar refractivity (Wildman–Crippen MR) is 140 cm³/mol. The van der Waals surface area contributed by atoms with Crippen LogP contribution in [0.15, 0.2) is 59.5 Å². The summed E-state index contributed by atoms with van der Waals surface area (Å²) >= 11 is 0. The molecular formula is C27H37N3O6S. The number of methoxy groups -OCH3 is 1. The fraction of sp³-hybridized carbons (Fsp3) is 0.481. The molecule has 2 aromatic rings. The van der Waals surface area contributed by atoms with Crippen molar-refractivity contribution in [1.29, 1.82) is 0 Å². The fourth-order valence-electron chi connectivity index (χ4n) is 4.16. The van der Waals surface area contributed by atoms with Crippen LogP contribution < -0.4 is 15.4 Å². The van der Waals surface area contributed by atoms with Crippen LogP contribution in [0.5, 0.6) is 5.75 Å². The first kappa shape index (κ1) is 28.5. The summed E-state index contributed by atoms with van der Waals surface area (Å²) in [4.78, 5) is 25.8. The number of amides is 2. The molecule has 1 fully saturated rings. The quantitative estimate of drug-likeness (QED) is 0.472. The SMILES string of the molecule is COc1ccc(C[C@@H](NC(=O)CC(C)(C)C)NC(=O)O[C@H]2CCCCN2S(=O)(=O)c2ccccc2)cc1. The molecule has 37 heavy (non-hydrogen) atoms. The average Bonchev–Trinajstić information content (AvgIpc) is 2.84. The third-order valence-electron chi connectivity index (χ3n) is 5.91. The molecule has 0 aliphatic carbocycles. The Morgan fingerprint density at radius 1 is 1.03 bits per heavy atom. The van der Waals surface area contributed by atoms with Crippen molar-refractivity contribution in [3.63, 3.8) is 0 Å². The molecule has 202 valence electrons. The number of carbonyl (C=O) groups is 2. The molecule has 3 rings (SSSR count). The zero-order chi connectivity index (χ0) is 27.1. The number of ether oxygens (including phenoxy) is 2. The highest BCUT2D eigenvalue weighted by Gasteiger charge is 2.36. The van der Waals surface area contributed by atoms with E-state index in [4.69, 9.17) is 9.47 Å². The molecule has 0 aromatic heterocycles. The Kier molecular flexibility index (Phi) is 9.56. The van der Waals surface area contributed by atoms with Gasteiger partial charge in [-0.25, -0.2) is 13.2 Å². The van der Waals surface area contributed by atoms with E-state index in [2.05, 4.69) is 10.6 Å². The van der Waals surface area contributed by atoms with Crippen LogP contribution in [0.4, 0.5) is 4.79 Å². The number of hydrogen-bond donors (Lipinski definition) is 2. The van der Waals surface area contributed by atoms with Crippen molar-refractivity contribution in [3.05, 3.63) is 60.2 Å². The first-order valence-electron chi connectivity index (χ1n) is 12.4. The summed E-state index contributed by atoms with van der Waals surface area (Å²) in [6.07, 6.45) is -0.106. The van der Waals surface area contributed by atoms with Crippen LogP contribution in [-0.4, -0.2) is 50.8 Å². The van der Waals surface area contributed by atoms with Crippen molar-refractivity contribution >= 4 is 22.0 Å². The van der Waals surface area contributed by atoms with E-state index < -0.39 is 28.5 Å². The van der Waals surface area contributed by atoms with E-state index >= 15 is 0 Å². The number of benzene rings is 2. The lowest BCUT2D eigenvalue weighted by molar-refractivity contribution is -0.123. The Labute approximate surface area is 219 Å². The molecule has 0 saturated carbocycles. The van der Waals surface area contributed by atoms with Crippen LogP contribution in [-0.2, 0) is 26.0 Å². The normalized spacial score (nSPS) is 17.5. The maximum absolute atomic E-state index is 13.2. The summed E-state index contributed by atoms with van der Waals surface area (Å²) in [6.45, 7) is 6.12. The first-order chi connectivity index (χ1) is 17.5. The van der Waals surface area contributed by atoms with Gasteiger partial charge in [0.25, 0.3) is 0 Å². The van der Waals surface area contributed by atoms with Crippen molar-refractivity contribution in [2.24, 2.45) is 5.41 Å². The molecule has 2 aromatic carbocycles. The van der Waals surface area contributed by atoms with Crippen molar-refractivity contribution in [2.75, 3.05) is 13.7 Å². The van der Waals surface area contributed by atoms with Crippen LogP contribution in [0.3, 0.4) is 0 Å². The van der Waals surface area contributed by atoms with E-state index in [0.29, 0.717) is 25.0 Å². The standard InChI is InChI=1S/C27H37N3O6S/c1-27(2,3)19-24(31)28-23(18-20-13-15-21(35-4)16-14-20)29-26(32)36-25-12-8-9-17-30(25)37(33,34)22-10-6-5-7-11-22/h5-7,10-11,13-16,23,25H,8-9,12,17-19H2,1-4H3,(H,28,31)(H,29,32)/t23-,25-/m0/s1. The van der Waals surface area contributed by atoms with Gasteiger partial charge in [0.05, 0.1) is 12.0 Å². The van der Waals surface area contributed by atoms with Crippen molar-refractivity contribution in [1.82, 2.24) is 14.9 Å². The second-order valence-electron chi connectivity index (χ2n) is 10.3. The summed E-state index contributed by atoms with van der Waals surface area (Å²) in [5, 5.41) is 5.60. The molecule has 0 spiro atoms. The van der Waals surface area contributed by atoms with Crippen LogP contribution in [0.25, 0.3) is 0 Å². The molecule has 10 heteroatoms. The minimum Gasteiger partial charge on any atom is -0.497 e. The highest BCUT2D eigenvalue weighted by Crippen LogP contribution is 2.26. The lowest BCUT2D eigenvalue weighted by Crippen LogP contribution is -2.52. The topological polar surface area (TPSA) is 114 Å². The van der Waals surface area contributed by atoms with Gasteiger partial charge < -0.3 is 20.1 Å². The maximum atomic E-state index is 13.2. The number of hydrogen-bond acceptors (Lipinski definition) is 6. The van der Waals surface area contributed by atoms with Gasteiger partial charge in [-0.15, -0.1) is 0 Å². The lowest BCUT2D eigenvalue weighted by atomic mass is 9.92. The van der Waals surface area contributed by atoms with Gasteiger partial charge in [0.15, 0.2) is 6.23 Å². The number of nitrogens with one attached hydrogen (secondary N) is 2. The van der Waals surface area contributed by atoms with Gasteiger partial charge in [0.2, 0.25) is 15.9 Å². The van der Waals surface area contributed by atoms with Gasteiger partial charge in [0.1, 0.15) is 11.9 Å². The predicted octanol–water partition coefficient (Wildman–Crippen LogP) is 4.04. The molecule has 2 atom stereocenters. The smallest absolute Gasteiger partial charge is 0.410 e. The molecule has 2 amide bonds. The van der Waals surface area contributed by atoms with E-state index in [9.17, 15) is 18.0 Å². The molecule has 1 aliphatic rings. The lowest BCUT2D eigenvalue weighted by Gasteiger charge is -2.34. The Hall–Kier alpha value is -3.11. The third-order valence-corrected chi connectivity index (χ3v) is 7.81. The molecular weight excluding hydrogens is 494 g/mol. The van der Waals surface area contributed by atoms with Gasteiger partial charge in [-0.05, 0) is 54.5 Å². The molecule has 1 aliphatic heterocycles. The van der Waals surface area contributed by atoms with Gasteiger partial charge in [-0.3, -0.25) is 4.79 Å². The third kappa shape index (κ3) is 8.46. The van der Waals surface area contributed by atoms with Crippen molar-refractivity contribution < 1.29 is 27.5 Å². The Balaban J connectivity index is 1.72. The highest BCUT2D eigenvalue weighted by molar-refractivity contribution is 7.89. The number of sulfonamides is 1. The summed E-state index contributed by atoms with van der Waals surface area (Å²) < 4.78 is 38.5. The molecule has 9 nitrogen and oxygen atoms in total. The number of alkyl carbamates (subject to hydrolysis) is 1. The minimum absolute atomic E-state index is 0.151. The van der Waals surface area contributed by atoms with E-state index in [1.807, 2.05) is 32.9 Å². The zero-order valence-corrected chi connectivity index (χ0v) is 22.7. The molecule has 0 unspecified atom stereocenters. The average molecular weight is 532 g/mol. The van der Waals surface area contributed by atoms with Gasteiger partial charge in [0, 0.05) is 19.4 Å². The van der Waals surface area contributed by atoms with Crippen LogP contribution in [0.1, 0.15) is 52.0 Å². The molecule has 0 radical (unpaired) electrons. The second kappa shape index (κ2) is 12.4. The van der Waals surface area contributed by atoms with E-state index in [-0.39, 0.29) is 29.2 Å². The molecule has 2 N–H and O–H groups in total. The molecule has 0 bridgehead atoms. The first-order valence-corrected chi connectivity index (χ1v) is 13.9. The largest absolute Gasteiger partial charge is 0.497 e. The van der Waals surface area contributed by atoms with E-state index in [1.165, 1.54) is 16.4 Å². The van der Waals surface area contributed by atoms with Gasteiger partial charge in [-0.2, -0.15) is 4.31 Å². The second-order valence-corrected chi connectivity index (χ2v) is 12.2. The van der Waals surface area contributed by atoms with Crippen LogP contribution in [0, 0.1) is 5.41 Å². The van der Waals surface area contributed by atoms with Crippen LogP contribution in [0.2, 0.25) is 0 Å². The number of nitrogens with zero attached hydrogens (tertiary/aromatic N) is 1. The molecule has 1 heterocycles. The Morgan fingerprint density at radius 2 is 1.70 bits per heavy atom. The van der Waals surface area contributed by atoms with E-state index in [0.717, 1.165) is 12.0 Å². The van der Waals surface area contributed by atoms with Crippen LogP contribution >= 0.6 is 0 Å². The zero-order valence-electron chi connectivity index (χ0n) is 21.9. The summed E-state index contributed by atoms with van der Waals surface area (Å²) in [6, 6.07) is 15.4. The summed E-state index contributed by atoms with van der Waals surface area (Å²) in [5.41, 5.74) is 0.636. The van der Waals surface area contributed by atoms with Gasteiger partial charge >= 0.3 is 6.09 Å². The van der Waals surface area contributed by atoms with Crippen molar-refractivity contribution in [2.45, 2.75) is 70.2 Å². The van der Waals surface area contributed by atoms with E-state index in [1.54, 1.807) is 37.4 Å². The Morgan fingerprint density at radius 3 is 2.32 bits per heavy atom. The maximum Gasteiger partial charge on any atom is 0.410 e.